The summed E-state index contributed by atoms with van der Waals surface area (Å²) in [6.07, 6.45) is 1.14. The standard InChI is InChI=1S/C34H41F5N2O6/c35-33(36,34(37,38)39)17-5-6-23-7-12-25(13-8-23)32(44)47-29-14-9-24(10-15-29)11-16-30(42)45-18-3-1-2-4-19-46-31(43)26-20-27(40)22-28(41)21-26/h9-11,14-16,20-23,25H,1-8,12-13,17-19,40-41H2. The number of nitrogens with two attached hydrogens (primary N) is 2. The van der Waals surface area contributed by atoms with E-state index in [4.69, 9.17) is 25.7 Å². The molecule has 0 aromatic heterocycles. The Morgan fingerprint density at radius 3 is 1.98 bits per heavy atom. The molecule has 3 rings (SSSR count). The first-order valence-electron chi connectivity index (χ1n) is 15.7. The third-order valence-corrected chi connectivity index (χ3v) is 7.94. The topological polar surface area (TPSA) is 131 Å². The predicted octanol–water partition coefficient (Wildman–Crippen LogP) is 7.90. The van der Waals surface area contributed by atoms with Crippen LogP contribution in [0.1, 0.15) is 86.6 Å². The third kappa shape index (κ3) is 12.9. The lowest BCUT2D eigenvalue weighted by Gasteiger charge is -2.28. The number of carbonyl (C=O) groups excluding carboxylic acids is 3. The van der Waals surface area contributed by atoms with E-state index in [2.05, 4.69) is 0 Å². The van der Waals surface area contributed by atoms with Crippen molar-refractivity contribution in [3.8, 4) is 5.75 Å². The zero-order valence-electron chi connectivity index (χ0n) is 26.0. The summed E-state index contributed by atoms with van der Waals surface area (Å²) in [5.41, 5.74) is 13.1. The Morgan fingerprint density at radius 1 is 0.787 bits per heavy atom. The minimum absolute atomic E-state index is 0.00648. The van der Waals surface area contributed by atoms with Crippen LogP contribution in [-0.2, 0) is 19.1 Å². The van der Waals surface area contributed by atoms with Gasteiger partial charge in [0, 0.05) is 23.9 Å². The third-order valence-electron chi connectivity index (χ3n) is 7.94. The Morgan fingerprint density at radius 2 is 1.38 bits per heavy atom. The molecule has 0 atom stereocenters. The van der Waals surface area contributed by atoms with Crippen molar-refractivity contribution < 1.29 is 50.5 Å². The van der Waals surface area contributed by atoms with Crippen molar-refractivity contribution in [2.24, 2.45) is 11.8 Å². The van der Waals surface area contributed by atoms with Crippen molar-refractivity contribution in [1.29, 1.82) is 0 Å². The summed E-state index contributed by atoms with van der Waals surface area (Å²) in [5.74, 6) is -6.11. The average Bonchev–Trinajstić information content (AvgIpc) is 3.01. The minimum atomic E-state index is -5.53. The van der Waals surface area contributed by atoms with Gasteiger partial charge in [0.25, 0.3) is 0 Å². The van der Waals surface area contributed by atoms with Crippen LogP contribution >= 0.6 is 0 Å². The van der Waals surface area contributed by atoms with Crippen LogP contribution in [0.4, 0.5) is 33.3 Å². The minimum Gasteiger partial charge on any atom is -0.463 e. The Hall–Kier alpha value is -4.16. The SMILES string of the molecule is Nc1cc(N)cc(C(=O)OCCCCCCOC(=O)C=Cc2ccc(OC(=O)C3CCC(CCCC(F)(F)C(F)(F)F)CC3)cc2)c1. The Balaban J connectivity index is 1.25. The summed E-state index contributed by atoms with van der Waals surface area (Å²) in [7, 11) is 0. The largest absolute Gasteiger partial charge is 0.463 e. The Kier molecular flexibility index (Phi) is 14.0. The fourth-order valence-electron chi connectivity index (χ4n) is 5.27. The quantitative estimate of drug-likeness (QED) is 0.0461. The molecule has 8 nitrogen and oxygen atoms in total. The van der Waals surface area contributed by atoms with Crippen LogP contribution in [0.3, 0.4) is 0 Å². The lowest BCUT2D eigenvalue weighted by Crippen LogP contribution is -2.36. The van der Waals surface area contributed by atoms with Gasteiger partial charge < -0.3 is 25.7 Å². The number of halogens is 5. The van der Waals surface area contributed by atoms with E-state index in [0.29, 0.717) is 66.8 Å². The zero-order valence-corrected chi connectivity index (χ0v) is 26.0. The van der Waals surface area contributed by atoms with Crippen LogP contribution in [0.15, 0.2) is 48.5 Å². The molecular weight excluding hydrogens is 627 g/mol. The number of nitrogen functional groups attached to an aromatic ring is 2. The van der Waals surface area contributed by atoms with Gasteiger partial charge in [0.1, 0.15) is 5.75 Å². The van der Waals surface area contributed by atoms with E-state index < -0.39 is 36.4 Å². The van der Waals surface area contributed by atoms with E-state index in [1.807, 2.05) is 0 Å². The monoisotopic (exact) mass is 668 g/mol. The van der Waals surface area contributed by atoms with Gasteiger partial charge in [-0.1, -0.05) is 18.6 Å². The van der Waals surface area contributed by atoms with Gasteiger partial charge in [0.15, 0.2) is 0 Å². The van der Waals surface area contributed by atoms with Gasteiger partial charge in [-0.25, -0.2) is 9.59 Å². The second kappa shape index (κ2) is 17.7. The number of hydrogen-bond donors (Lipinski definition) is 2. The number of hydrogen-bond acceptors (Lipinski definition) is 8. The highest BCUT2D eigenvalue weighted by Gasteiger charge is 2.56. The van der Waals surface area contributed by atoms with Crippen LogP contribution in [0.5, 0.6) is 5.75 Å². The maximum atomic E-state index is 13.1. The van der Waals surface area contributed by atoms with Crippen molar-refractivity contribution in [2.75, 3.05) is 24.7 Å². The maximum absolute atomic E-state index is 13.1. The molecule has 0 bridgehead atoms. The molecule has 2 aromatic rings. The summed E-state index contributed by atoms with van der Waals surface area (Å²) in [6.45, 7) is 0.498. The van der Waals surface area contributed by atoms with Crippen molar-refractivity contribution >= 4 is 35.4 Å². The first kappa shape index (κ1) is 37.3. The predicted molar refractivity (Wildman–Crippen MR) is 166 cm³/mol. The zero-order chi connectivity index (χ0) is 34.5. The molecule has 0 amide bonds. The molecule has 47 heavy (non-hydrogen) atoms. The lowest BCUT2D eigenvalue weighted by atomic mass is 9.79. The van der Waals surface area contributed by atoms with Crippen LogP contribution in [0.25, 0.3) is 6.08 Å². The Bertz CT molecular complexity index is 1340. The van der Waals surface area contributed by atoms with Gasteiger partial charge in [-0.05, 0) is 106 Å². The van der Waals surface area contributed by atoms with E-state index in [1.54, 1.807) is 36.4 Å². The van der Waals surface area contributed by atoms with Crippen molar-refractivity contribution in [3.05, 3.63) is 59.7 Å². The van der Waals surface area contributed by atoms with Crippen molar-refractivity contribution in [3.63, 3.8) is 0 Å². The molecule has 1 aliphatic rings. The maximum Gasteiger partial charge on any atom is 0.453 e. The highest BCUT2D eigenvalue weighted by Crippen LogP contribution is 2.40. The fourth-order valence-corrected chi connectivity index (χ4v) is 5.27. The second-order valence-corrected chi connectivity index (χ2v) is 11.7. The van der Waals surface area contributed by atoms with Gasteiger partial charge in [-0.15, -0.1) is 0 Å². The van der Waals surface area contributed by atoms with Crippen LogP contribution < -0.4 is 16.2 Å². The number of alkyl halides is 5. The summed E-state index contributed by atoms with van der Waals surface area (Å²) < 4.78 is 79.1. The molecular formula is C34H41F5N2O6. The van der Waals surface area contributed by atoms with E-state index in [9.17, 15) is 36.3 Å². The average molecular weight is 669 g/mol. The van der Waals surface area contributed by atoms with Crippen LogP contribution in [0, 0.1) is 11.8 Å². The molecule has 0 unspecified atom stereocenters. The summed E-state index contributed by atoms with van der Waals surface area (Å²) in [5, 5.41) is 0. The van der Waals surface area contributed by atoms with Gasteiger partial charge in [0.2, 0.25) is 0 Å². The number of anilines is 2. The molecule has 0 spiro atoms. The molecule has 0 aliphatic heterocycles. The van der Waals surface area contributed by atoms with Gasteiger partial charge >= 0.3 is 30.0 Å². The molecule has 1 saturated carbocycles. The van der Waals surface area contributed by atoms with Crippen LogP contribution in [0.2, 0.25) is 0 Å². The first-order chi connectivity index (χ1) is 22.2. The molecule has 4 N–H and O–H groups in total. The highest BCUT2D eigenvalue weighted by atomic mass is 19.4. The molecule has 0 radical (unpaired) electrons. The fraction of sp³-hybridized carbons (Fsp3) is 0.500. The number of carbonyl (C=O) groups is 3. The Labute approximate surface area is 270 Å². The van der Waals surface area contributed by atoms with E-state index in [-0.39, 0.29) is 37.9 Å². The van der Waals surface area contributed by atoms with E-state index in [1.165, 1.54) is 18.2 Å². The van der Waals surface area contributed by atoms with Gasteiger partial charge in [0.05, 0.1) is 24.7 Å². The molecule has 0 heterocycles. The number of benzene rings is 2. The highest BCUT2D eigenvalue weighted by molar-refractivity contribution is 5.91. The van der Waals surface area contributed by atoms with Crippen molar-refractivity contribution in [1.82, 2.24) is 0 Å². The number of esters is 3. The lowest BCUT2D eigenvalue weighted by molar-refractivity contribution is -0.284. The van der Waals surface area contributed by atoms with E-state index in [0.717, 1.165) is 12.8 Å². The van der Waals surface area contributed by atoms with Crippen molar-refractivity contribution in [2.45, 2.75) is 82.7 Å². The number of ether oxygens (including phenoxy) is 3. The molecule has 13 heteroatoms. The smallest absolute Gasteiger partial charge is 0.453 e. The van der Waals surface area contributed by atoms with Gasteiger partial charge in [-0.3, -0.25) is 4.79 Å². The number of rotatable bonds is 16. The summed E-state index contributed by atoms with van der Waals surface area (Å²) in [6, 6.07) is 11.1. The van der Waals surface area contributed by atoms with Gasteiger partial charge in [-0.2, -0.15) is 22.0 Å². The first-order valence-corrected chi connectivity index (χ1v) is 15.7. The molecule has 1 aliphatic carbocycles. The number of unbranched alkanes of at least 4 members (excludes halogenated alkanes) is 3. The molecule has 2 aromatic carbocycles. The summed E-state index contributed by atoms with van der Waals surface area (Å²) >= 11 is 0. The molecule has 0 saturated heterocycles. The second-order valence-electron chi connectivity index (χ2n) is 11.7. The molecule has 1 fully saturated rings. The van der Waals surface area contributed by atoms with Crippen LogP contribution in [-0.4, -0.2) is 43.2 Å². The molecule has 258 valence electrons. The summed E-state index contributed by atoms with van der Waals surface area (Å²) in [4.78, 5) is 36.7. The van der Waals surface area contributed by atoms with E-state index >= 15 is 0 Å². The normalized spacial score (nSPS) is 17.0.